The second-order valence-corrected chi connectivity index (χ2v) is 6.72. The maximum atomic E-state index is 11.2. The van der Waals surface area contributed by atoms with E-state index < -0.39 is 0 Å². The Hall–Kier alpha value is -2.86. The van der Waals surface area contributed by atoms with Crippen molar-refractivity contribution in [2.24, 2.45) is 0 Å². The zero-order valence-corrected chi connectivity index (χ0v) is 15.8. The molecule has 0 saturated carbocycles. The molecule has 134 valence electrons. The maximum Gasteiger partial charge on any atom is 0.221 e. The van der Waals surface area contributed by atoms with Gasteiger partial charge in [0.1, 0.15) is 5.75 Å². The molecule has 3 rings (SSSR count). The lowest BCUT2D eigenvalue weighted by molar-refractivity contribution is -0.114. The Kier molecular flexibility index (Phi) is 5.53. The maximum absolute atomic E-state index is 11.2. The molecule has 0 bridgehead atoms. The fraction of sp³-hybridized carbons (Fsp3) is 0.200. The summed E-state index contributed by atoms with van der Waals surface area (Å²) >= 11 is 1.53. The van der Waals surface area contributed by atoms with Gasteiger partial charge in [-0.1, -0.05) is 17.7 Å². The van der Waals surface area contributed by atoms with Gasteiger partial charge in [0, 0.05) is 29.2 Å². The quantitative estimate of drug-likeness (QED) is 0.627. The number of benzene rings is 2. The molecule has 0 aliphatic heterocycles. The Morgan fingerprint density at radius 1 is 1.19 bits per heavy atom. The van der Waals surface area contributed by atoms with Crippen LogP contribution in [-0.2, 0) is 4.79 Å². The molecule has 0 fully saturated rings. The van der Waals surface area contributed by atoms with E-state index in [2.05, 4.69) is 23.6 Å². The van der Waals surface area contributed by atoms with Crippen molar-refractivity contribution in [2.45, 2.75) is 20.8 Å². The molecule has 1 amide bonds. The average Bonchev–Trinajstić information content (AvgIpc) is 3.05. The minimum atomic E-state index is -0.0958. The van der Waals surface area contributed by atoms with Crippen LogP contribution in [0.1, 0.15) is 19.4 Å². The molecule has 2 aromatic carbocycles. The first-order chi connectivity index (χ1) is 12.5. The molecule has 0 atom stereocenters. The second-order valence-electron chi connectivity index (χ2n) is 5.86. The molecule has 3 aromatic rings. The number of rotatable bonds is 6. The highest BCUT2D eigenvalue weighted by atomic mass is 32.1. The lowest BCUT2D eigenvalue weighted by Gasteiger charge is -2.09. The number of nitrogens with zero attached hydrogens (tertiary/aromatic N) is 1. The number of hydrogen-bond donors (Lipinski definition) is 2. The van der Waals surface area contributed by atoms with E-state index in [0.29, 0.717) is 6.61 Å². The van der Waals surface area contributed by atoms with Crippen molar-refractivity contribution in [1.29, 1.82) is 0 Å². The molecule has 0 spiro atoms. The van der Waals surface area contributed by atoms with Crippen molar-refractivity contribution in [3.63, 3.8) is 0 Å². The van der Waals surface area contributed by atoms with Crippen molar-refractivity contribution in [1.82, 2.24) is 4.98 Å². The highest BCUT2D eigenvalue weighted by molar-refractivity contribution is 7.14. The summed E-state index contributed by atoms with van der Waals surface area (Å²) in [6.45, 7) is 6.13. The standard InChI is InChI=1S/C20H21N3O2S/c1-4-25-19-9-8-13(2)10-17(19)18-12-26-20(23-18)22-16-7-5-6-15(11-16)21-14(3)24/h5-12H,4H2,1-3H3,(H,21,24)(H,22,23). The first-order valence-corrected chi connectivity index (χ1v) is 9.27. The summed E-state index contributed by atoms with van der Waals surface area (Å²) in [6.07, 6.45) is 0. The van der Waals surface area contributed by atoms with E-state index in [0.717, 1.165) is 39.1 Å². The number of aromatic nitrogens is 1. The second kappa shape index (κ2) is 8.01. The molecule has 0 radical (unpaired) electrons. The molecule has 26 heavy (non-hydrogen) atoms. The Bertz CT molecular complexity index is 921. The average molecular weight is 367 g/mol. The number of carbonyl (C=O) groups is 1. The van der Waals surface area contributed by atoms with Crippen molar-refractivity contribution < 1.29 is 9.53 Å². The number of carbonyl (C=O) groups excluding carboxylic acids is 1. The predicted molar refractivity (Wildman–Crippen MR) is 107 cm³/mol. The van der Waals surface area contributed by atoms with Gasteiger partial charge in [0.25, 0.3) is 0 Å². The highest BCUT2D eigenvalue weighted by Crippen LogP contribution is 2.34. The lowest BCUT2D eigenvalue weighted by Crippen LogP contribution is -2.05. The van der Waals surface area contributed by atoms with Crippen LogP contribution in [-0.4, -0.2) is 17.5 Å². The number of anilines is 3. The molecule has 5 nitrogen and oxygen atoms in total. The molecule has 2 N–H and O–H groups in total. The highest BCUT2D eigenvalue weighted by Gasteiger charge is 2.11. The van der Waals surface area contributed by atoms with Crippen LogP contribution in [0.2, 0.25) is 0 Å². The van der Waals surface area contributed by atoms with Gasteiger partial charge in [-0.2, -0.15) is 0 Å². The SMILES string of the molecule is CCOc1ccc(C)cc1-c1csc(Nc2cccc(NC(C)=O)c2)n1. The summed E-state index contributed by atoms with van der Waals surface area (Å²) in [5.74, 6) is 0.740. The van der Waals surface area contributed by atoms with Crippen LogP contribution < -0.4 is 15.4 Å². The van der Waals surface area contributed by atoms with Gasteiger partial charge in [-0.05, 0) is 44.2 Å². The Morgan fingerprint density at radius 3 is 2.77 bits per heavy atom. The summed E-state index contributed by atoms with van der Waals surface area (Å²) in [5.41, 5.74) is 4.64. The van der Waals surface area contributed by atoms with Gasteiger partial charge in [0.2, 0.25) is 5.91 Å². The fourth-order valence-corrected chi connectivity index (χ4v) is 3.31. The van der Waals surface area contributed by atoms with Gasteiger partial charge in [0.15, 0.2) is 5.13 Å². The van der Waals surface area contributed by atoms with E-state index in [-0.39, 0.29) is 5.91 Å². The van der Waals surface area contributed by atoms with Crippen LogP contribution in [0.15, 0.2) is 47.8 Å². The predicted octanol–water partition coefficient (Wildman–Crippen LogP) is 5.22. The Morgan fingerprint density at radius 2 is 2.00 bits per heavy atom. The molecular formula is C20H21N3O2S. The van der Waals surface area contributed by atoms with E-state index in [4.69, 9.17) is 9.72 Å². The smallest absolute Gasteiger partial charge is 0.221 e. The van der Waals surface area contributed by atoms with Gasteiger partial charge in [-0.15, -0.1) is 11.3 Å². The third-order valence-electron chi connectivity index (χ3n) is 3.65. The third-order valence-corrected chi connectivity index (χ3v) is 4.41. The minimum Gasteiger partial charge on any atom is -0.493 e. The van der Waals surface area contributed by atoms with Crippen molar-refractivity contribution >= 4 is 33.8 Å². The molecular weight excluding hydrogens is 346 g/mol. The minimum absolute atomic E-state index is 0.0958. The first kappa shape index (κ1) is 17.9. The molecule has 0 aliphatic rings. The van der Waals surface area contributed by atoms with Crippen LogP contribution in [0, 0.1) is 6.92 Å². The summed E-state index contributed by atoms with van der Waals surface area (Å²) in [4.78, 5) is 15.9. The van der Waals surface area contributed by atoms with Gasteiger partial charge in [-0.25, -0.2) is 4.98 Å². The number of ether oxygens (including phenoxy) is 1. The van der Waals surface area contributed by atoms with Gasteiger partial charge in [0.05, 0.1) is 12.3 Å². The Labute approximate surface area is 157 Å². The van der Waals surface area contributed by atoms with Gasteiger partial charge in [-0.3, -0.25) is 4.79 Å². The van der Waals surface area contributed by atoms with Crippen LogP contribution in [0.5, 0.6) is 5.75 Å². The van der Waals surface area contributed by atoms with E-state index in [9.17, 15) is 4.79 Å². The number of thiazole rings is 1. The van der Waals surface area contributed by atoms with E-state index in [1.54, 1.807) is 0 Å². The summed E-state index contributed by atoms with van der Waals surface area (Å²) in [5, 5.41) is 8.86. The van der Waals surface area contributed by atoms with Crippen LogP contribution in [0.3, 0.4) is 0 Å². The molecule has 6 heteroatoms. The number of amides is 1. The van der Waals surface area contributed by atoms with Crippen LogP contribution >= 0.6 is 11.3 Å². The van der Waals surface area contributed by atoms with Gasteiger partial charge < -0.3 is 15.4 Å². The number of hydrogen-bond acceptors (Lipinski definition) is 5. The van der Waals surface area contributed by atoms with Crippen LogP contribution in [0.4, 0.5) is 16.5 Å². The molecule has 0 saturated heterocycles. The molecule has 1 aromatic heterocycles. The fourth-order valence-electron chi connectivity index (χ4n) is 2.58. The zero-order chi connectivity index (χ0) is 18.5. The van der Waals surface area contributed by atoms with Crippen molar-refractivity contribution in [2.75, 3.05) is 17.2 Å². The largest absolute Gasteiger partial charge is 0.493 e. The van der Waals surface area contributed by atoms with Gasteiger partial charge >= 0.3 is 0 Å². The number of aryl methyl sites for hydroxylation is 1. The monoisotopic (exact) mass is 367 g/mol. The van der Waals surface area contributed by atoms with Crippen LogP contribution in [0.25, 0.3) is 11.3 Å². The molecule has 1 heterocycles. The Balaban J connectivity index is 1.83. The summed E-state index contributed by atoms with van der Waals surface area (Å²) in [6, 6.07) is 13.6. The normalized spacial score (nSPS) is 10.4. The van der Waals surface area contributed by atoms with Crippen molar-refractivity contribution in [3.05, 3.63) is 53.4 Å². The first-order valence-electron chi connectivity index (χ1n) is 8.39. The number of nitrogens with one attached hydrogen (secondary N) is 2. The molecule has 0 unspecified atom stereocenters. The summed E-state index contributed by atoms with van der Waals surface area (Å²) in [7, 11) is 0. The van der Waals surface area contributed by atoms with Crippen molar-refractivity contribution in [3.8, 4) is 17.0 Å². The van der Waals surface area contributed by atoms with E-state index in [1.807, 2.05) is 48.7 Å². The van der Waals surface area contributed by atoms with E-state index >= 15 is 0 Å². The lowest BCUT2D eigenvalue weighted by atomic mass is 10.1. The summed E-state index contributed by atoms with van der Waals surface area (Å²) < 4.78 is 5.73. The molecule has 0 aliphatic carbocycles. The van der Waals surface area contributed by atoms with E-state index in [1.165, 1.54) is 18.3 Å². The zero-order valence-electron chi connectivity index (χ0n) is 15.0. The topological polar surface area (TPSA) is 63.2 Å². The third kappa shape index (κ3) is 4.40.